The molecular formula is C13H15NO2S. The van der Waals surface area contributed by atoms with Crippen molar-refractivity contribution in [1.82, 2.24) is 0 Å². The van der Waals surface area contributed by atoms with Gasteiger partial charge < -0.3 is 9.47 Å². The van der Waals surface area contributed by atoms with Crippen molar-refractivity contribution in [3.63, 3.8) is 0 Å². The summed E-state index contributed by atoms with van der Waals surface area (Å²) < 4.78 is 10.7. The topological polar surface area (TPSA) is 42.2 Å². The zero-order valence-electron chi connectivity index (χ0n) is 9.59. The second kappa shape index (κ2) is 6.53. The molecule has 2 rings (SSSR count). The molecule has 1 heterocycles. The Balaban J connectivity index is 1.62. The van der Waals surface area contributed by atoms with Gasteiger partial charge in [-0.15, -0.1) is 0 Å². The number of hydrogen-bond acceptors (Lipinski definition) is 4. The third-order valence-corrected chi connectivity index (χ3v) is 3.75. The number of hydrogen-bond donors (Lipinski definition) is 0. The first-order chi connectivity index (χ1) is 8.38. The summed E-state index contributed by atoms with van der Waals surface area (Å²) in [6.07, 6.45) is 1.03. The summed E-state index contributed by atoms with van der Waals surface area (Å²) in [5.41, 5.74) is 0.642. The first kappa shape index (κ1) is 12.3. The maximum atomic E-state index is 8.75. The lowest BCUT2D eigenvalue weighted by Gasteiger charge is -2.25. The molecule has 0 unspecified atom stereocenters. The van der Waals surface area contributed by atoms with Crippen LogP contribution in [0.25, 0.3) is 0 Å². The monoisotopic (exact) mass is 249 g/mol. The molecule has 1 aliphatic rings. The second-order valence-electron chi connectivity index (χ2n) is 3.87. The molecule has 90 valence electrons. The van der Waals surface area contributed by atoms with Gasteiger partial charge in [0.15, 0.2) is 0 Å². The largest absolute Gasteiger partial charge is 0.494 e. The van der Waals surface area contributed by atoms with Gasteiger partial charge in [0.25, 0.3) is 0 Å². The molecule has 0 radical (unpaired) electrons. The third kappa shape index (κ3) is 3.95. The molecule has 0 aromatic heterocycles. The van der Waals surface area contributed by atoms with Crippen LogP contribution in [-0.2, 0) is 4.74 Å². The van der Waals surface area contributed by atoms with E-state index in [1.54, 1.807) is 12.1 Å². The molecule has 1 aliphatic heterocycles. The van der Waals surface area contributed by atoms with Crippen molar-refractivity contribution in [3.8, 4) is 11.8 Å². The summed E-state index contributed by atoms with van der Waals surface area (Å²) in [4.78, 5) is 0. The molecule has 0 N–H and O–H groups in total. The zero-order chi connectivity index (χ0) is 11.9. The maximum absolute atomic E-state index is 8.75. The Hall–Kier alpha value is -1.18. The molecule has 1 fully saturated rings. The van der Waals surface area contributed by atoms with E-state index in [4.69, 9.17) is 14.7 Å². The summed E-state index contributed by atoms with van der Waals surface area (Å²) in [5, 5.41) is 9.44. The summed E-state index contributed by atoms with van der Waals surface area (Å²) in [7, 11) is 0. The summed E-state index contributed by atoms with van der Waals surface area (Å²) in [6.45, 7) is 2.50. The van der Waals surface area contributed by atoms with Gasteiger partial charge in [-0.3, -0.25) is 0 Å². The SMILES string of the molecule is N#Cc1cccc(OCCCSC2COC2)c1. The normalized spacial score (nSPS) is 15.0. The van der Waals surface area contributed by atoms with Gasteiger partial charge in [-0.2, -0.15) is 17.0 Å². The van der Waals surface area contributed by atoms with E-state index in [9.17, 15) is 0 Å². The zero-order valence-corrected chi connectivity index (χ0v) is 10.4. The fraction of sp³-hybridized carbons (Fsp3) is 0.462. The van der Waals surface area contributed by atoms with Crippen LogP contribution < -0.4 is 4.74 Å². The van der Waals surface area contributed by atoms with Crippen molar-refractivity contribution >= 4 is 11.8 Å². The van der Waals surface area contributed by atoms with E-state index in [2.05, 4.69) is 6.07 Å². The van der Waals surface area contributed by atoms with Crippen molar-refractivity contribution < 1.29 is 9.47 Å². The molecule has 0 spiro atoms. The molecular weight excluding hydrogens is 234 g/mol. The van der Waals surface area contributed by atoms with Gasteiger partial charge in [0.1, 0.15) is 5.75 Å². The van der Waals surface area contributed by atoms with E-state index >= 15 is 0 Å². The average Bonchev–Trinajstić information content (AvgIpc) is 2.31. The van der Waals surface area contributed by atoms with Crippen LogP contribution in [0.4, 0.5) is 0 Å². The Labute approximate surface area is 106 Å². The number of nitriles is 1. The predicted molar refractivity (Wildman–Crippen MR) is 68.3 cm³/mol. The van der Waals surface area contributed by atoms with Gasteiger partial charge >= 0.3 is 0 Å². The van der Waals surface area contributed by atoms with Crippen molar-refractivity contribution in [2.24, 2.45) is 0 Å². The number of thioether (sulfide) groups is 1. The van der Waals surface area contributed by atoms with Crippen molar-refractivity contribution in [2.75, 3.05) is 25.6 Å². The fourth-order valence-electron chi connectivity index (χ4n) is 1.46. The summed E-state index contributed by atoms with van der Waals surface area (Å²) in [6, 6.07) is 9.37. The predicted octanol–water partition coefficient (Wildman–Crippen LogP) is 2.46. The van der Waals surface area contributed by atoms with Gasteiger partial charge in [-0.05, 0) is 30.4 Å². The highest BCUT2D eigenvalue weighted by molar-refractivity contribution is 8.00. The Morgan fingerprint density at radius 2 is 2.35 bits per heavy atom. The summed E-state index contributed by atoms with van der Waals surface area (Å²) >= 11 is 1.95. The lowest BCUT2D eigenvalue weighted by molar-refractivity contribution is 0.0455. The van der Waals surface area contributed by atoms with Crippen molar-refractivity contribution in [2.45, 2.75) is 11.7 Å². The van der Waals surface area contributed by atoms with Crippen LogP contribution in [0, 0.1) is 11.3 Å². The van der Waals surface area contributed by atoms with Crippen LogP contribution in [0.3, 0.4) is 0 Å². The van der Waals surface area contributed by atoms with Gasteiger partial charge in [-0.25, -0.2) is 0 Å². The number of ether oxygens (including phenoxy) is 2. The average molecular weight is 249 g/mol. The molecule has 0 aliphatic carbocycles. The maximum Gasteiger partial charge on any atom is 0.120 e. The standard InChI is InChI=1S/C13H15NO2S/c14-8-11-3-1-4-12(7-11)16-5-2-6-17-13-9-15-10-13/h1,3-4,7,13H,2,5-6,9-10H2. The molecule has 1 aromatic carbocycles. The smallest absolute Gasteiger partial charge is 0.120 e. The fourth-order valence-corrected chi connectivity index (χ4v) is 2.47. The van der Waals surface area contributed by atoms with Crippen LogP contribution in [0.2, 0.25) is 0 Å². The number of benzene rings is 1. The van der Waals surface area contributed by atoms with E-state index in [0.29, 0.717) is 17.4 Å². The van der Waals surface area contributed by atoms with Crippen LogP contribution >= 0.6 is 11.8 Å². The molecule has 0 bridgehead atoms. The van der Waals surface area contributed by atoms with E-state index in [1.165, 1.54) is 0 Å². The van der Waals surface area contributed by atoms with Crippen molar-refractivity contribution in [3.05, 3.63) is 29.8 Å². The molecule has 1 saturated heterocycles. The van der Waals surface area contributed by atoms with Gasteiger partial charge in [-0.1, -0.05) is 6.07 Å². The highest BCUT2D eigenvalue weighted by Crippen LogP contribution is 2.20. The Morgan fingerprint density at radius 1 is 1.47 bits per heavy atom. The van der Waals surface area contributed by atoms with E-state index in [-0.39, 0.29) is 0 Å². The van der Waals surface area contributed by atoms with Crippen LogP contribution in [0.1, 0.15) is 12.0 Å². The molecule has 3 nitrogen and oxygen atoms in total. The molecule has 0 amide bonds. The molecule has 4 heteroatoms. The van der Waals surface area contributed by atoms with E-state index in [1.807, 2.05) is 23.9 Å². The Kier molecular flexibility index (Phi) is 4.72. The van der Waals surface area contributed by atoms with Gasteiger partial charge in [0, 0.05) is 0 Å². The second-order valence-corrected chi connectivity index (χ2v) is 5.28. The van der Waals surface area contributed by atoms with Crippen LogP contribution in [-0.4, -0.2) is 30.8 Å². The van der Waals surface area contributed by atoms with E-state index < -0.39 is 0 Å². The molecule has 0 saturated carbocycles. The van der Waals surface area contributed by atoms with Gasteiger partial charge in [0.05, 0.1) is 36.7 Å². The lowest BCUT2D eigenvalue weighted by atomic mass is 10.2. The number of nitrogens with zero attached hydrogens (tertiary/aromatic N) is 1. The Bertz CT molecular complexity index is 399. The molecule has 0 atom stereocenters. The summed E-state index contributed by atoms with van der Waals surface area (Å²) in [5.74, 6) is 1.88. The van der Waals surface area contributed by atoms with E-state index in [0.717, 1.165) is 31.1 Å². The van der Waals surface area contributed by atoms with Gasteiger partial charge in [0.2, 0.25) is 0 Å². The molecule has 1 aromatic rings. The number of rotatable bonds is 6. The van der Waals surface area contributed by atoms with Crippen molar-refractivity contribution in [1.29, 1.82) is 5.26 Å². The van der Waals surface area contributed by atoms with Crippen LogP contribution in [0.5, 0.6) is 5.75 Å². The minimum atomic E-state index is 0.642. The Morgan fingerprint density at radius 3 is 3.06 bits per heavy atom. The highest BCUT2D eigenvalue weighted by atomic mass is 32.2. The molecule has 17 heavy (non-hydrogen) atoms. The quantitative estimate of drug-likeness (QED) is 0.726. The first-order valence-electron chi connectivity index (χ1n) is 5.71. The third-order valence-electron chi connectivity index (χ3n) is 2.48. The lowest BCUT2D eigenvalue weighted by Crippen LogP contribution is -2.30. The minimum Gasteiger partial charge on any atom is -0.494 e. The highest BCUT2D eigenvalue weighted by Gasteiger charge is 2.17. The first-order valence-corrected chi connectivity index (χ1v) is 6.75. The minimum absolute atomic E-state index is 0.642. The van der Waals surface area contributed by atoms with Crippen LogP contribution in [0.15, 0.2) is 24.3 Å².